The van der Waals surface area contributed by atoms with Crippen molar-refractivity contribution < 1.29 is 4.79 Å². The minimum Gasteiger partial charge on any atom is -0.354 e. The second-order valence-electron chi connectivity index (χ2n) is 2.81. The van der Waals surface area contributed by atoms with Gasteiger partial charge in [-0.05, 0) is 12.3 Å². The Bertz CT molecular complexity index is 146. The molecule has 0 aromatic heterocycles. The van der Waals surface area contributed by atoms with Crippen LogP contribution in [0, 0.1) is 5.92 Å². The van der Waals surface area contributed by atoms with Gasteiger partial charge in [-0.3, -0.25) is 4.79 Å². The van der Waals surface area contributed by atoms with Crippen molar-refractivity contribution in [2.75, 3.05) is 13.1 Å². The van der Waals surface area contributed by atoms with Crippen molar-refractivity contribution in [2.45, 2.75) is 12.5 Å². The minimum atomic E-state index is 0.128. The molecule has 2 aliphatic heterocycles. The molecule has 2 atom stereocenters. The smallest absolute Gasteiger partial charge is 0.237 e. The lowest BCUT2D eigenvalue weighted by Gasteiger charge is -2.17. The summed E-state index contributed by atoms with van der Waals surface area (Å²) in [5, 5.41) is 6.00. The Hall–Kier alpha value is -0.570. The highest BCUT2D eigenvalue weighted by Gasteiger charge is 2.33. The quantitative estimate of drug-likeness (QED) is 0.441. The van der Waals surface area contributed by atoms with Crippen molar-refractivity contribution in [1.29, 1.82) is 0 Å². The van der Waals surface area contributed by atoms with Crippen LogP contribution in [-0.2, 0) is 4.79 Å². The van der Waals surface area contributed by atoms with Crippen LogP contribution in [0.5, 0.6) is 0 Å². The maximum absolute atomic E-state index is 10.9. The summed E-state index contributed by atoms with van der Waals surface area (Å²) in [6.07, 6.45) is 1.05. The van der Waals surface area contributed by atoms with Crippen molar-refractivity contribution in [3.05, 3.63) is 0 Å². The lowest BCUT2D eigenvalue weighted by molar-refractivity contribution is -0.123. The van der Waals surface area contributed by atoms with Crippen LogP contribution < -0.4 is 10.6 Å². The van der Waals surface area contributed by atoms with Gasteiger partial charge in [0.1, 0.15) is 0 Å². The van der Waals surface area contributed by atoms with Gasteiger partial charge < -0.3 is 10.6 Å². The van der Waals surface area contributed by atoms with Gasteiger partial charge in [-0.1, -0.05) is 0 Å². The molecule has 0 saturated carbocycles. The van der Waals surface area contributed by atoms with Gasteiger partial charge in [0.05, 0.1) is 6.04 Å². The highest BCUT2D eigenvalue weighted by molar-refractivity contribution is 5.83. The van der Waals surface area contributed by atoms with E-state index in [4.69, 9.17) is 0 Å². The summed E-state index contributed by atoms with van der Waals surface area (Å²) >= 11 is 0. The predicted octanol–water partition coefficient (Wildman–Crippen LogP) is -0.906. The normalized spacial score (nSPS) is 40.7. The van der Waals surface area contributed by atoms with Gasteiger partial charge in [-0.2, -0.15) is 0 Å². The van der Waals surface area contributed by atoms with Crippen molar-refractivity contribution in [3.8, 4) is 0 Å². The fourth-order valence-electron chi connectivity index (χ4n) is 1.53. The van der Waals surface area contributed by atoms with E-state index in [1.807, 2.05) is 0 Å². The summed E-state index contributed by atoms with van der Waals surface area (Å²) in [4.78, 5) is 10.9. The molecule has 2 N–H and O–H groups in total. The standard InChI is InChI=1S/C6H10N2O/c9-6-5-1-4(2-7-5)3-8-6/h4-5,7H,1-3H2,(H,8,9)/t4-,5+/m1/s1. The summed E-state index contributed by atoms with van der Waals surface area (Å²) in [5.74, 6) is 0.886. The number of hydrogen-bond donors (Lipinski definition) is 2. The third-order valence-electron chi connectivity index (χ3n) is 2.10. The zero-order chi connectivity index (χ0) is 6.27. The molecule has 2 saturated heterocycles. The summed E-state index contributed by atoms with van der Waals surface area (Å²) in [6, 6.07) is 0.128. The largest absolute Gasteiger partial charge is 0.354 e. The third-order valence-corrected chi connectivity index (χ3v) is 2.10. The maximum Gasteiger partial charge on any atom is 0.237 e. The highest BCUT2D eigenvalue weighted by atomic mass is 16.2. The molecule has 0 unspecified atom stereocenters. The van der Waals surface area contributed by atoms with E-state index in [1.54, 1.807) is 0 Å². The molecule has 0 spiro atoms. The van der Waals surface area contributed by atoms with Crippen molar-refractivity contribution in [3.63, 3.8) is 0 Å². The molecule has 0 aromatic rings. The molecular formula is C6H10N2O. The second kappa shape index (κ2) is 1.70. The fraction of sp³-hybridized carbons (Fsp3) is 0.833. The monoisotopic (exact) mass is 126 g/mol. The summed E-state index contributed by atoms with van der Waals surface area (Å²) in [5.41, 5.74) is 0. The number of piperidine rings is 1. The molecule has 2 fully saturated rings. The molecule has 50 valence electrons. The number of nitrogens with one attached hydrogen (secondary N) is 2. The van der Waals surface area contributed by atoms with E-state index in [9.17, 15) is 4.79 Å². The van der Waals surface area contributed by atoms with E-state index in [1.165, 1.54) is 0 Å². The van der Waals surface area contributed by atoms with E-state index >= 15 is 0 Å². The topological polar surface area (TPSA) is 41.1 Å². The second-order valence-corrected chi connectivity index (χ2v) is 2.81. The number of fused-ring (bicyclic) bond motifs is 2. The summed E-state index contributed by atoms with van der Waals surface area (Å²) in [7, 11) is 0. The van der Waals surface area contributed by atoms with Crippen molar-refractivity contribution in [2.24, 2.45) is 5.92 Å². The average Bonchev–Trinajstić information content (AvgIpc) is 2.25. The Morgan fingerprint density at radius 2 is 2.33 bits per heavy atom. The Morgan fingerprint density at radius 1 is 1.44 bits per heavy atom. The average molecular weight is 126 g/mol. The van der Waals surface area contributed by atoms with Crippen LogP contribution >= 0.6 is 0 Å². The van der Waals surface area contributed by atoms with Gasteiger partial charge >= 0.3 is 0 Å². The Morgan fingerprint density at radius 3 is 3.11 bits per heavy atom. The number of hydrogen-bond acceptors (Lipinski definition) is 2. The molecule has 0 aliphatic carbocycles. The van der Waals surface area contributed by atoms with Gasteiger partial charge in [0.25, 0.3) is 0 Å². The first-order valence-electron chi connectivity index (χ1n) is 3.37. The summed E-state index contributed by atoms with van der Waals surface area (Å²) < 4.78 is 0. The number of carbonyl (C=O) groups is 1. The lowest BCUT2D eigenvalue weighted by atomic mass is 10.0. The van der Waals surface area contributed by atoms with Crippen LogP contribution in [0.2, 0.25) is 0 Å². The maximum atomic E-state index is 10.9. The van der Waals surface area contributed by atoms with Crippen LogP contribution in [0.4, 0.5) is 0 Å². The van der Waals surface area contributed by atoms with Crippen LogP contribution in [0.15, 0.2) is 0 Å². The van der Waals surface area contributed by atoms with E-state index < -0.39 is 0 Å². The fourth-order valence-corrected chi connectivity index (χ4v) is 1.53. The molecule has 2 rings (SSSR count). The van der Waals surface area contributed by atoms with E-state index in [2.05, 4.69) is 10.6 Å². The summed E-state index contributed by atoms with van der Waals surface area (Å²) in [6.45, 7) is 1.89. The molecule has 2 aliphatic rings. The molecule has 2 bridgehead atoms. The number of rotatable bonds is 0. The van der Waals surface area contributed by atoms with Crippen molar-refractivity contribution >= 4 is 5.91 Å². The Labute approximate surface area is 53.8 Å². The molecule has 2 heterocycles. The number of carbonyl (C=O) groups excluding carboxylic acids is 1. The Kier molecular flexibility index (Phi) is 0.990. The van der Waals surface area contributed by atoms with E-state index in [0.717, 1.165) is 19.5 Å². The van der Waals surface area contributed by atoms with Crippen LogP contribution in [0.1, 0.15) is 6.42 Å². The van der Waals surface area contributed by atoms with Crippen LogP contribution in [0.3, 0.4) is 0 Å². The first-order chi connectivity index (χ1) is 4.36. The first kappa shape index (κ1) is 5.23. The predicted molar refractivity (Wildman–Crippen MR) is 32.9 cm³/mol. The Balaban J connectivity index is 2.14. The van der Waals surface area contributed by atoms with Gasteiger partial charge in [0.15, 0.2) is 0 Å². The zero-order valence-corrected chi connectivity index (χ0v) is 5.18. The lowest BCUT2D eigenvalue weighted by Crippen LogP contribution is -2.43. The van der Waals surface area contributed by atoms with Gasteiger partial charge in [0.2, 0.25) is 5.91 Å². The molecule has 0 radical (unpaired) electrons. The minimum absolute atomic E-state index is 0.128. The molecule has 9 heavy (non-hydrogen) atoms. The SMILES string of the molecule is O=C1NC[C@H]2CN[C@H]1C2. The number of amides is 1. The van der Waals surface area contributed by atoms with Gasteiger partial charge in [0, 0.05) is 13.1 Å². The highest BCUT2D eigenvalue weighted by Crippen LogP contribution is 2.16. The third kappa shape index (κ3) is 0.721. The van der Waals surface area contributed by atoms with Crippen LogP contribution in [-0.4, -0.2) is 25.0 Å². The van der Waals surface area contributed by atoms with Crippen molar-refractivity contribution in [1.82, 2.24) is 10.6 Å². The van der Waals surface area contributed by atoms with Gasteiger partial charge in [-0.15, -0.1) is 0 Å². The molecule has 1 amide bonds. The molecule has 0 aromatic carbocycles. The molecule has 3 nitrogen and oxygen atoms in total. The molecular weight excluding hydrogens is 116 g/mol. The van der Waals surface area contributed by atoms with Gasteiger partial charge in [-0.25, -0.2) is 0 Å². The zero-order valence-electron chi connectivity index (χ0n) is 5.18. The van der Waals surface area contributed by atoms with E-state index in [0.29, 0.717) is 5.92 Å². The van der Waals surface area contributed by atoms with E-state index in [-0.39, 0.29) is 11.9 Å². The first-order valence-corrected chi connectivity index (χ1v) is 3.37. The van der Waals surface area contributed by atoms with Crippen LogP contribution in [0.25, 0.3) is 0 Å². The molecule has 3 heteroatoms.